The van der Waals surface area contributed by atoms with Crippen molar-refractivity contribution in [1.29, 1.82) is 0 Å². The molecule has 0 unspecified atom stereocenters. The highest BCUT2D eigenvalue weighted by Gasteiger charge is 2.02. The molecule has 0 saturated carbocycles. The standard InChI is InChI=1S/C8H15NO2/c1-4-7-8(10)11-9(5-2)6-3/h4,7H,5-6H2,1-3H3. The van der Waals surface area contributed by atoms with Crippen LogP contribution in [0.1, 0.15) is 20.8 Å². The highest BCUT2D eigenvalue weighted by Crippen LogP contribution is 1.90. The molecule has 3 nitrogen and oxygen atoms in total. The first-order chi connectivity index (χ1) is 5.24. The maximum Gasteiger partial charge on any atom is 0.349 e. The van der Waals surface area contributed by atoms with Crippen molar-refractivity contribution in [2.75, 3.05) is 13.1 Å². The zero-order valence-electron chi connectivity index (χ0n) is 7.33. The zero-order chi connectivity index (χ0) is 8.69. The second-order valence-electron chi connectivity index (χ2n) is 2.02. The number of hydrogen-bond acceptors (Lipinski definition) is 3. The van der Waals surface area contributed by atoms with Crippen LogP contribution in [0, 0.1) is 0 Å². The van der Waals surface area contributed by atoms with Gasteiger partial charge in [0.2, 0.25) is 0 Å². The van der Waals surface area contributed by atoms with Crippen LogP contribution in [0.25, 0.3) is 0 Å². The van der Waals surface area contributed by atoms with Gasteiger partial charge >= 0.3 is 5.97 Å². The summed E-state index contributed by atoms with van der Waals surface area (Å²) in [5, 5.41) is 1.60. The normalized spacial score (nSPS) is 10.9. The molecule has 0 amide bonds. The lowest BCUT2D eigenvalue weighted by Crippen LogP contribution is -2.25. The molecule has 0 aliphatic rings. The number of rotatable bonds is 4. The molecule has 0 radical (unpaired) electrons. The molecule has 0 aliphatic carbocycles. The van der Waals surface area contributed by atoms with Gasteiger partial charge < -0.3 is 4.84 Å². The number of carbonyl (C=O) groups excluding carboxylic acids is 1. The maximum atomic E-state index is 10.8. The Bertz CT molecular complexity index is 139. The van der Waals surface area contributed by atoms with E-state index in [2.05, 4.69) is 0 Å². The molecule has 0 rings (SSSR count). The average molecular weight is 157 g/mol. The minimum absolute atomic E-state index is 0.309. The van der Waals surface area contributed by atoms with Crippen LogP contribution in [-0.4, -0.2) is 24.1 Å². The van der Waals surface area contributed by atoms with E-state index >= 15 is 0 Å². The Morgan fingerprint density at radius 2 is 2.00 bits per heavy atom. The predicted molar refractivity (Wildman–Crippen MR) is 43.8 cm³/mol. The molecule has 0 spiro atoms. The van der Waals surface area contributed by atoms with Gasteiger partial charge in [-0.25, -0.2) is 4.79 Å². The summed E-state index contributed by atoms with van der Waals surface area (Å²) in [7, 11) is 0. The summed E-state index contributed by atoms with van der Waals surface area (Å²) in [6.07, 6.45) is 3.06. The second kappa shape index (κ2) is 5.92. The number of hydrogen-bond donors (Lipinski definition) is 0. The van der Waals surface area contributed by atoms with Crippen molar-refractivity contribution in [3.63, 3.8) is 0 Å². The molecular formula is C8H15NO2. The van der Waals surface area contributed by atoms with Crippen molar-refractivity contribution in [2.45, 2.75) is 20.8 Å². The Morgan fingerprint density at radius 3 is 2.36 bits per heavy atom. The molecule has 0 aromatic carbocycles. The van der Waals surface area contributed by atoms with Gasteiger partial charge in [0.25, 0.3) is 0 Å². The van der Waals surface area contributed by atoms with E-state index in [9.17, 15) is 4.79 Å². The Hall–Kier alpha value is -0.830. The van der Waals surface area contributed by atoms with Gasteiger partial charge in [0.15, 0.2) is 0 Å². The lowest BCUT2D eigenvalue weighted by Gasteiger charge is -2.15. The summed E-state index contributed by atoms with van der Waals surface area (Å²) in [5.41, 5.74) is 0. The Kier molecular flexibility index (Phi) is 5.47. The molecule has 64 valence electrons. The molecule has 0 N–H and O–H groups in total. The van der Waals surface area contributed by atoms with Gasteiger partial charge in [-0.15, -0.1) is 5.06 Å². The first kappa shape index (κ1) is 10.2. The van der Waals surface area contributed by atoms with Crippen molar-refractivity contribution >= 4 is 5.97 Å². The molecule has 0 saturated heterocycles. The summed E-state index contributed by atoms with van der Waals surface area (Å²) in [6.45, 7) is 7.10. The van der Waals surface area contributed by atoms with Crippen molar-refractivity contribution in [3.8, 4) is 0 Å². The van der Waals surface area contributed by atoms with Crippen LogP contribution < -0.4 is 0 Å². The zero-order valence-corrected chi connectivity index (χ0v) is 7.33. The quantitative estimate of drug-likeness (QED) is 0.456. The molecule has 0 heterocycles. The summed E-state index contributed by atoms with van der Waals surface area (Å²) in [4.78, 5) is 15.7. The molecule has 3 heteroatoms. The first-order valence-electron chi connectivity index (χ1n) is 3.84. The van der Waals surface area contributed by atoms with Crippen molar-refractivity contribution in [1.82, 2.24) is 5.06 Å². The summed E-state index contributed by atoms with van der Waals surface area (Å²) >= 11 is 0. The van der Waals surface area contributed by atoms with Gasteiger partial charge in [-0.1, -0.05) is 6.08 Å². The summed E-state index contributed by atoms with van der Waals surface area (Å²) in [5.74, 6) is -0.309. The minimum Gasteiger partial charge on any atom is -0.364 e. The van der Waals surface area contributed by atoms with Gasteiger partial charge in [0.1, 0.15) is 0 Å². The van der Waals surface area contributed by atoms with Crippen LogP contribution in [0.4, 0.5) is 0 Å². The lowest BCUT2D eigenvalue weighted by atomic mass is 10.5. The highest BCUT2D eigenvalue weighted by atomic mass is 16.7. The van der Waals surface area contributed by atoms with E-state index in [0.717, 1.165) is 13.1 Å². The molecule has 0 aliphatic heterocycles. The molecule has 0 atom stereocenters. The van der Waals surface area contributed by atoms with Crippen molar-refractivity contribution < 1.29 is 9.63 Å². The fourth-order valence-electron chi connectivity index (χ4n) is 0.646. The van der Waals surface area contributed by atoms with Crippen LogP contribution in [0.15, 0.2) is 12.2 Å². The van der Waals surface area contributed by atoms with Crippen LogP contribution in [0.3, 0.4) is 0 Å². The van der Waals surface area contributed by atoms with E-state index in [0.29, 0.717) is 0 Å². The molecule has 0 bridgehead atoms. The number of allylic oxidation sites excluding steroid dienone is 1. The predicted octanol–water partition coefficient (Wildman–Crippen LogP) is 1.36. The third-order valence-electron chi connectivity index (χ3n) is 1.23. The Balaban J connectivity index is 3.71. The first-order valence-corrected chi connectivity index (χ1v) is 3.84. The lowest BCUT2D eigenvalue weighted by molar-refractivity contribution is -0.182. The number of nitrogens with zero attached hydrogens (tertiary/aromatic N) is 1. The van der Waals surface area contributed by atoms with Crippen LogP contribution in [0.2, 0.25) is 0 Å². The smallest absolute Gasteiger partial charge is 0.349 e. The second-order valence-corrected chi connectivity index (χ2v) is 2.02. The monoisotopic (exact) mass is 157 g/mol. The molecule has 11 heavy (non-hydrogen) atoms. The Labute approximate surface area is 67.6 Å². The van der Waals surface area contributed by atoms with E-state index in [1.165, 1.54) is 6.08 Å². The van der Waals surface area contributed by atoms with Gasteiger partial charge in [-0.2, -0.15) is 0 Å². The summed E-state index contributed by atoms with van der Waals surface area (Å²) in [6, 6.07) is 0. The van der Waals surface area contributed by atoms with Gasteiger partial charge in [0, 0.05) is 19.2 Å². The highest BCUT2D eigenvalue weighted by molar-refractivity contribution is 5.81. The van der Waals surface area contributed by atoms with Gasteiger partial charge in [-0.05, 0) is 20.8 Å². The van der Waals surface area contributed by atoms with Crippen LogP contribution in [-0.2, 0) is 9.63 Å². The van der Waals surface area contributed by atoms with Crippen LogP contribution in [0.5, 0.6) is 0 Å². The molecular weight excluding hydrogens is 142 g/mol. The van der Waals surface area contributed by atoms with E-state index in [1.54, 1.807) is 18.1 Å². The number of carbonyl (C=O) groups is 1. The van der Waals surface area contributed by atoms with Crippen molar-refractivity contribution in [2.24, 2.45) is 0 Å². The van der Waals surface area contributed by atoms with Crippen LogP contribution >= 0.6 is 0 Å². The maximum absolute atomic E-state index is 10.8. The Morgan fingerprint density at radius 1 is 1.45 bits per heavy atom. The third kappa shape index (κ3) is 4.56. The number of hydroxylamine groups is 2. The molecule has 0 aromatic rings. The summed E-state index contributed by atoms with van der Waals surface area (Å²) < 4.78 is 0. The fourth-order valence-corrected chi connectivity index (χ4v) is 0.646. The van der Waals surface area contributed by atoms with E-state index in [4.69, 9.17) is 4.84 Å². The van der Waals surface area contributed by atoms with E-state index in [1.807, 2.05) is 13.8 Å². The molecule has 0 fully saturated rings. The molecule has 0 aromatic heterocycles. The third-order valence-corrected chi connectivity index (χ3v) is 1.23. The van der Waals surface area contributed by atoms with E-state index < -0.39 is 0 Å². The average Bonchev–Trinajstić information content (AvgIpc) is 2.01. The topological polar surface area (TPSA) is 29.5 Å². The van der Waals surface area contributed by atoms with Crippen molar-refractivity contribution in [3.05, 3.63) is 12.2 Å². The largest absolute Gasteiger partial charge is 0.364 e. The van der Waals surface area contributed by atoms with Gasteiger partial charge in [-0.3, -0.25) is 0 Å². The minimum atomic E-state index is -0.309. The van der Waals surface area contributed by atoms with E-state index in [-0.39, 0.29) is 5.97 Å². The fraction of sp³-hybridized carbons (Fsp3) is 0.625. The SMILES string of the molecule is CC=CC(=O)ON(CC)CC. The van der Waals surface area contributed by atoms with Gasteiger partial charge in [0.05, 0.1) is 0 Å².